The normalized spacial score (nSPS) is 10.7. The average molecular weight is 225 g/mol. The lowest BCUT2D eigenvalue weighted by Crippen LogP contribution is -2.02. The van der Waals surface area contributed by atoms with Crippen LogP contribution in [0.15, 0.2) is 34.9 Å². The largest absolute Gasteiger partial charge is 0.235 e. The molecule has 1 rings (SSSR count). The molecule has 15 heavy (non-hydrogen) atoms. The number of sulfonamides is 1. The highest BCUT2D eigenvalue weighted by atomic mass is 32.2. The maximum atomic E-state index is 11.0. The lowest BCUT2D eigenvalue weighted by atomic mass is 10.1. The molecule has 0 amide bonds. The molecular weight excluding hydrogens is 214 g/mol. The summed E-state index contributed by atoms with van der Waals surface area (Å²) in [6, 6.07) is 9.56. The fraction of sp³-hybridized carbons (Fsp3) is 0.333. The molecular formula is C9H11N3O2S. The molecule has 0 heterocycles. The first-order valence-corrected chi connectivity index (χ1v) is 6.08. The Morgan fingerprint density at radius 2 is 1.93 bits per heavy atom. The number of azide groups is 1. The Bertz CT molecular complexity index is 450. The number of rotatable bonds is 5. The minimum atomic E-state index is -3.59. The fourth-order valence-electron chi connectivity index (χ4n) is 1.20. The van der Waals surface area contributed by atoms with Crippen molar-refractivity contribution in [1.29, 1.82) is 0 Å². The van der Waals surface area contributed by atoms with Crippen molar-refractivity contribution in [3.63, 3.8) is 0 Å². The van der Waals surface area contributed by atoms with Crippen molar-refractivity contribution < 1.29 is 8.42 Å². The van der Waals surface area contributed by atoms with Crippen LogP contribution in [0.4, 0.5) is 0 Å². The third-order valence-electron chi connectivity index (χ3n) is 1.87. The van der Waals surface area contributed by atoms with E-state index in [4.69, 9.17) is 5.53 Å². The molecule has 0 aromatic heterocycles. The van der Waals surface area contributed by atoms with E-state index in [0.29, 0.717) is 12.8 Å². The van der Waals surface area contributed by atoms with Gasteiger partial charge >= 0.3 is 0 Å². The SMILES string of the molecule is [N-]=[N+]=NS(=O)(=O)CCCc1ccccc1. The van der Waals surface area contributed by atoms with Gasteiger partial charge in [0.1, 0.15) is 0 Å². The molecule has 0 bridgehead atoms. The van der Waals surface area contributed by atoms with E-state index in [9.17, 15) is 8.42 Å². The molecule has 0 saturated heterocycles. The fourth-order valence-corrected chi connectivity index (χ4v) is 1.90. The Hall–Kier alpha value is -1.52. The second kappa shape index (κ2) is 5.38. The first kappa shape index (κ1) is 11.6. The Morgan fingerprint density at radius 1 is 1.27 bits per heavy atom. The predicted octanol–water partition coefficient (Wildman–Crippen LogP) is 2.26. The van der Waals surface area contributed by atoms with Gasteiger partial charge in [0.25, 0.3) is 0 Å². The Morgan fingerprint density at radius 3 is 2.53 bits per heavy atom. The van der Waals surface area contributed by atoms with E-state index >= 15 is 0 Å². The maximum Gasteiger partial charge on any atom is 0.235 e. The van der Waals surface area contributed by atoms with Gasteiger partial charge in [0.2, 0.25) is 10.0 Å². The summed E-state index contributed by atoms with van der Waals surface area (Å²) in [4.78, 5) is 2.27. The van der Waals surface area contributed by atoms with E-state index < -0.39 is 10.0 Å². The summed E-state index contributed by atoms with van der Waals surface area (Å²) in [5.74, 6) is -0.105. The number of hydrogen-bond acceptors (Lipinski definition) is 2. The van der Waals surface area contributed by atoms with Gasteiger partial charge in [0.15, 0.2) is 0 Å². The quantitative estimate of drug-likeness (QED) is 0.437. The molecule has 0 aliphatic heterocycles. The van der Waals surface area contributed by atoms with Crippen LogP contribution in [0.1, 0.15) is 12.0 Å². The van der Waals surface area contributed by atoms with E-state index in [1.165, 1.54) is 0 Å². The molecule has 0 atom stereocenters. The number of benzene rings is 1. The minimum absolute atomic E-state index is 0.105. The molecule has 0 unspecified atom stereocenters. The first-order chi connectivity index (χ1) is 7.14. The van der Waals surface area contributed by atoms with Crippen LogP contribution in [0.2, 0.25) is 0 Å². The molecule has 0 fully saturated rings. The van der Waals surface area contributed by atoms with E-state index in [1.807, 2.05) is 30.3 Å². The van der Waals surface area contributed by atoms with Crippen molar-refractivity contribution in [2.45, 2.75) is 12.8 Å². The van der Waals surface area contributed by atoms with E-state index in [1.54, 1.807) is 0 Å². The molecule has 1 aromatic rings. The third-order valence-corrected chi connectivity index (χ3v) is 3.00. The maximum absolute atomic E-state index is 11.0. The summed E-state index contributed by atoms with van der Waals surface area (Å²) in [5, 5.41) is 0. The van der Waals surface area contributed by atoms with E-state index in [-0.39, 0.29) is 5.75 Å². The average Bonchev–Trinajstić information content (AvgIpc) is 2.19. The molecule has 0 saturated carbocycles. The van der Waals surface area contributed by atoms with Crippen molar-refractivity contribution in [1.82, 2.24) is 0 Å². The van der Waals surface area contributed by atoms with Crippen LogP contribution in [0.25, 0.3) is 10.4 Å². The molecule has 0 radical (unpaired) electrons. The van der Waals surface area contributed by atoms with Gasteiger partial charge in [-0.15, -0.1) is 0 Å². The van der Waals surface area contributed by atoms with Gasteiger partial charge in [-0.05, 0) is 23.9 Å². The van der Waals surface area contributed by atoms with E-state index in [2.05, 4.69) is 9.43 Å². The van der Waals surface area contributed by atoms with Gasteiger partial charge < -0.3 is 0 Å². The summed E-state index contributed by atoms with van der Waals surface area (Å²) in [6.07, 6.45) is 1.13. The highest BCUT2D eigenvalue weighted by Gasteiger charge is 2.06. The van der Waals surface area contributed by atoms with Gasteiger partial charge in [-0.1, -0.05) is 30.3 Å². The van der Waals surface area contributed by atoms with E-state index in [0.717, 1.165) is 5.56 Å². The highest BCUT2D eigenvalue weighted by Crippen LogP contribution is 2.04. The highest BCUT2D eigenvalue weighted by molar-refractivity contribution is 7.89. The lowest BCUT2D eigenvalue weighted by molar-refractivity contribution is 0.594. The molecule has 0 aliphatic carbocycles. The van der Waals surface area contributed by atoms with Crippen molar-refractivity contribution >= 4 is 10.0 Å². The summed E-state index contributed by atoms with van der Waals surface area (Å²) in [6.45, 7) is 0. The molecule has 0 N–H and O–H groups in total. The van der Waals surface area contributed by atoms with Crippen LogP contribution in [0.5, 0.6) is 0 Å². The molecule has 0 aliphatic rings. The first-order valence-electron chi connectivity index (χ1n) is 4.47. The summed E-state index contributed by atoms with van der Waals surface area (Å²) >= 11 is 0. The van der Waals surface area contributed by atoms with Gasteiger partial charge in [-0.3, -0.25) is 0 Å². The van der Waals surface area contributed by atoms with Crippen molar-refractivity contribution in [3.05, 3.63) is 46.3 Å². The zero-order valence-electron chi connectivity index (χ0n) is 8.07. The molecule has 0 spiro atoms. The molecule has 6 heteroatoms. The van der Waals surface area contributed by atoms with Crippen LogP contribution >= 0.6 is 0 Å². The third kappa shape index (κ3) is 4.49. The Balaban J connectivity index is 2.44. The smallest absolute Gasteiger partial charge is 0.221 e. The Kier molecular flexibility index (Phi) is 4.15. The minimum Gasteiger partial charge on any atom is -0.221 e. The van der Waals surface area contributed by atoms with Crippen LogP contribution in [0.3, 0.4) is 0 Å². The predicted molar refractivity (Wildman–Crippen MR) is 57.7 cm³/mol. The summed E-state index contributed by atoms with van der Waals surface area (Å²) in [5.41, 5.74) is 9.07. The standard InChI is InChI=1S/C9H11N3O2S/c10-11-12-15(13,14)8-4-7-9-5-2-1-3-6-9/h1-3,5-6H,4,7-8H2. The van der Waals surface area contributed by atoms with Gasteiger partial charge in [-0.25, -0.2) is 8.42 Å². The van der Waals surface area contributed by atoms with Gasteiger partial charge in [0.05, 0.1) is 5.75 Å². The summed E-state index contributed by atoms with van der Waals surface area (Å²) < 4.78 is 24.7. The van der Waals surface area contributed by atoms with Crippen molar-refractivity contribution in [3.8, 4) is 0 Å². The number of hydrogen-bond donors (Lipinski definition) is 0. The molecule has 80 valence electrons. The number of aryl methyl sites for hydroxylation is 1. The second-order valence-electron chi connectivity index (χ2n) is 3.05. The molecule has 1 aromatic carbocycles. The topological polar surface area (TPSA) is 82.9 Å². The monoisotopic (exact) mass is 225 g/mol. The Labute approximate surface area is 88.4 Å². The second-order valence-corrected chi connectivity index (χ2v) is 4.78. The zero-order chi connectivity index (χ0) is 11.1. The van der Waals surface area contributed by atoms with Crippen molar-refractivity contribution in [2.75, 3.05) is 5.75 Å². The zero-order valence-corrected chi connectivity index (χ0v) is 8.89. The lowest BCUT2D eigenvalue weighted by Gasteiger charge is -1.99. The molecule has 5 nitrogen and oxygen atoms in total. The van der Waals surface area contributed by atoms with Gasteiger partial charge in [0, 0.05) is 9.43 Å². The van der Waals surface area contributed by atoms with Crippen molar-refractivity contribution in [2.24, 2.45) is 4.52 Å². The number of nitrogens with zero attached hydrogens (tertiary/aromatic N) is 3. The van der Waals surface area contributed by atoms with Crippen LogP contribution in [-0.2, 0) is 16.4 Å². The van der Waals surface area contributed by atoms with Crippen LogP contribution in [0, 0.1) is 0 Å². The van der Waals surface area contributed by atoms with Gasteiger partial charge in [-0.2, -0.15) is 0 Å². The van der Waals surface area contributed by atoms with Crippen LogP contribution in [-0.4, -0.2) is 14.2 Å². The van der Waals surface area contributed by atoms with Crippen LogP contribution < -0.4 is 0 Å². The summed E-state index contributed by atoms with van der Waals surface area (Å²) in [7, 11) is -3.59.